The van der Waals surface area contributed by atoms with Gasteiger partial charge in [0.1, 0.15) is 0 Å². The summed E-state index contributed by atoms with van der Waals surface area (Å²) in [7, 11) is -3.38. The lowest BCUT2D eigenvalue weighted by atomic mass is 10.0. The minimum absolute atomic E-state index is 0.383. The predicted octanol–water partition coefficient (Wildman–Crippen LogP) is 1.98. The molecule has 7 heteroatoms. The lowest BCUT2D eigenvalue weighted by Gasteiger charge is -2.29. The van der Waals surface area contributed by atoms with Crippen LogP contribution in [0.4, 0.5) is 0 Å². The molecule has 0 saturated carbocycles. The van der Waals surface area contributed by atoms with Crippen molar-refractivity contribution in [2.45, 2.75) is 26.2 Å². The van der Waals surface area contributed by atoms with E-state index >= 15 is 0 Å². The highest BCUT2D eigenvalue weighted by atomic mass is 32.2. The average molecular weight is 348 g/mol. The van der Waals surface area contributed by atoms with Gasteiger partial charge in [0.25, 0.3) is 10.2 Å². The third-order valence-corrected chi connectivity index (χ3v) is 5.90. The van der Waals surface area contributed by atoms with Crippen molar-refractivity contribution in [3.05, 3.63) is 48.3 Å². The molecule has 1 aliphatic heterocycles. The van der Waals surface area contributed by atoms with Crippen LogP contribution in [0, 0.1) is 5.92 Å². The summed E-state index contributed by atoms with van der Waals surface area (Å²) in [5.41, 5.74) is 2.00. The number of benzene rings is 1. The van der Waals surface area contributed by atoms with Gasteiger partial charge in [0, 0.05) is 25.8 Å². The molecule has 130 valence electrons. The zero-order chi connectivity index (χ0) is 17.0. The molecule has 0 amide bonds. The van der Waals surface area contributed by atoms with E-state index in [9.17, 15) is 8.42 Å². The summed E-state index contributed by atoms with van der Waals surface area (Å²) in [4.78, 5) is 0. The van der Waals surface area contributed by atoms with Crippen LogP contribution >= 0.6 is 0 Å². The van der Waals surface area contributed by atoms with E-state index in [4.69, 9.17) is 0 Å². The summed E-state index contributed by atoms with van der Waals surface area (Å²) in [6.07, 6.45) is 6.38. The number of rotatable bonds is 6. The molecule has 2 heterocycles. The molecule has 0 radical (unpaired) electrons. The zero-order valence-electron chi connectivity index (χ0n) is 13.9. The van der Waals surface area contributed by atoms with E-state index in [1.54, 1.807) is 15.2 Å². The number of nitrogens with zero attached hydrogens (tertiary/aromatic N) is 3. The van der Waals surface area contributed by atoms with Crippen molar-refractivity contribution in [3.8, 4) is 5.69 Å². The topological polar surface area (TPSA) is 67.2 Å². The Morgan fingerprint density at radius 3 is 2.83 bits per heavy atom. The first-order valence-electron chi connectivity index (χ1n) is 8.38. The van der Waals surface area contributed by atoms with Crippen LogP contribution in [0.5, 0.6) is 0 Å². The van der Waals surface area contributed by atoms with Crippen molar-refractivity contribution < 1.29 is 8.42 Å². The molecule has 1 fully saturated rings. The van der Waals surface area contributed by atoms with Gasteiger partial charge in [-0.15, -0.1) is 0 Å². The monoisotopic (exact) mass is 348 g/mol. The van der Waals surface area contributed by atoms with E-state index in [-0.39, 0.29) is 0 Å². The predicted molar refractivity (Wildman–Crippen MR) is 94.2 cm³/mol. The third kappa shape index (κ3) is 4.23. The van der Waals surface area contributed by atoms with Gasteiger partial charge in [-0.3, -0.25) is 0 Å². The van der Waals surface area contributed by atoms with Crippen molar-refractivity contribution >= 4 is 10.2 Å². The second kappa shape index (κ2) is 7.46. The Balaban J connectivity index is 1.54. The Labute approximate surface area is 143 Å². The van der Waals surface area contributed by atoms with Gasteiger partial charge in [-0.25, -0.2) is 9.40 Å². The normalized spacial score (nSPS) is 19.5. The molecule has 2 aromatic rings. The minimum Gasteiger partial charge on any atom is -0.241 e. The molecule has 24 heavy (non-hydrogen) atoms. The van der Waals surface area contributed by atoms with E-state index < -0.39 is 10.2 Å². The Hall–Kier alpha value is -1.70. The van der Waals surface area contributed by atoms with Crippen LogP contribution in [-0.2, 0) is 16.6 Å². The van der Waals surface area contributed by atoms with Crippen LogP contribution in [0.15, 0.2) is 42.7 Å². The van der Waals surface area contributed by atoms with Gasteiger partial charge in [0.15, 0.2) is 0 Å². The fraction of sp³-hybridized carbons (Fsp3) is 0.471. The van der Waals surface area contributed by atoms with Gasteiger partial charge in [-0.05, 0) is 42.9 Å². The molecule has 1 saturated heterocycles. The van der Waals surface area contributed by atoms with E-state index in [2.05, 4.69) is 16.7 Å². The highest BCUT2D eigenvalue weighted by Crippen LogP contribution is 2.17. The zero-order valence-corrected chi connectivity index (χ0v) is 14.7. The van der Waals surface area contributed by atoms with E-state index in [1.165, 1.54) is 0 Å². The molecule has 0 spiro atoms. The summed E-state index contributed by atoms with van der Waals surface area (Å²) >= 11 is 0. The van der Waals surface area contributed by atoms with E-state index in [0.717, 1.165) is 24.1 Å². The van der Waals surface area contributed by atoms with Crippen LogP contribution in [0.1, 0.15) is 25.3 Å². The fourth-order valence-electron chi connectivity index (χ4n) is 2.99. The summed E-state index contributed by atoms with van der Waals surface area (Å²) < 4.78 is 30.8. The van der Waals surface area contributed by atoms with Crippen molar-refractivity contribution in [1.29, 1.82) is 0 Å². The molecule has 0 aliphatic carbocycles. The van der Waals surface area contributed by atoms with Crippen LogP contribution in [0.25, 0.3) is 5.69 Å². The molecule has 0 unspecified atom stereocenters. The second-order valence-electron chi connectivity index (χ2n) is 6.38. The molecule has 1 aromatic heterocycles. The van der Waals surface area contributed by atoms with Gasteiger partial charge in [-0.2, -0.15) is 17.8 Å². The highest BCUT2D eigenvalue weighted by Gasteiger charge is 2.26. The quantitative estimate of drug-likeness (QED) is 0.868. The Kier molecular flexibility index (Phi) is 5.33. The molecule has 0 bridgehead atoms. The summed E-state index contributed by atoms with van der Waals surface area (Å²) in [5, 5.41) is 4.33. The number of nitrogens with one attached hydrogen (secondary N) is 1. The molecule has 6 nitrogen and oxygen atoms in total. The van der Waals surface area contributed by atoms with E-state index in [1.807, 2.05) is 36.5 Å². The summed E-state index contributed by atoms with van der Waals surface area (Å²) in [5.74, 6) is 0.430. The maximum absolute atomic E-state index is 12.3. The minimum atomic E-state index is -3.38. The van der Waals surface area contributed by atoms with Crippen LogP contribution < -0.4 is 4.72 Å². The smallest absolute Gasteiger partial charge is 0.241 e. The van der Waals surface area contributed by atoms with Crippen molar-refractivity contribution in [2.24, 2.45) is 5.92 Å². The number of aromatic nitrogens is 2. The number of para-hydroxylation sites is 1. The van der Waals surface area contributed by atoms with Gasteiger partial charge < -0.3 is 0 Å². The van der Waals surface area contributed by atoms with Gasteiger partial charge >= 0.3 is 0 Å². The van der Waals surface area contributed by atoms with Gasteiger partial charge in [-0.1, -0.05) is 25.1 Å². The van der Waals surface area contributed by atoms with E-state index in [0.29, 0.717) is 32.0 Å². The molecule has 3 rings (SSSR count). The summed E-state index contributed by atoms with van der Waals surface area (Å²) in [6, 6.07) is 9.85. The van der Waals surface area contributed by atoms with Gasteiger partial charge in [0.2, 0.25) is 0 Å². The molecule has 1 aromatic carbocycles. The first kappa shape index (κ1) is 17.1. The molecule has 1 N–H and O–H groups in total. The van der Waals surface area contributed by atoms with Crippen molar-refractivity contribution in [2.75, 3.05) is 19.6 Å². The molecular formula is C17H24N4O2S. The van der Waals surface area contributed by atoms with Crippen LogP contribution in [0.3, 0.4) is 0 Å². The van der Waals surface area contributed by atoms with Gasteiger partial charge in [0.05, 0.1) is 11.9 Å². The third-order valence-electron chi connectivity index (χ3n) is 4.31. The average Bonchev–Trinajstić information content (AvgIpc) is 3.04. The lowest BCUT2D eigenvalue weighted by molar-refractivity contribution is 0.278. The Morgan fingerprint density at radius 2 is 2.08 bits per heavy atom. The maximum Gasteiger partial charge on any atom is 0.279 e. The Morgan fingerprint density at radius 1 is 1.29 bits per heavy atom. The molecule has 1 atom stereocenters. The van der Waals surface area contributed by atoms with Crippen molar-refractivity contribution in [1.82, 2.24) is 18.8 Å². The molecule has 1 aliphatic rings. The fourth-order valence-corrected chi connectivity index (χ4v) is 4.35. The van der Waals surface area contributed by atoms with Crippen LogP contribution in [-0.4, -0.2) is 42.1 Å². The Bertz CT molecular complexity index is 758. The number of hydrogen-bond donors (Lipinski definition) is 1. The molecular weight excluding hydrogens is 324 g/mol. The first-order chi connectivity index (χ1) is 11.5. The maximum atomic E-state index is 12.3. The first-order valence-corrected chi connectivity index (χ1v) is 9.82. The summed E-state index contributed by atoms with van der Waals surface area (Å²) in [6.45, 7) is 3.71. The SMILES string of the molecule is C[C@H]1CCCN(S(=O)(=O)NCCc2cnn(-c3ccccc3)c2)C1. The number of piperidine rings is 1. The van der Waals surface area contributed by atoms with Crippen molar-refractivity contribution in [3.63, 3.8) is 0 Å². The largest absolute Gasteiger partial charge is 0.279 e. The van der Waals surface area contributed by atoms with Crippen LogP contribution in [0.2, 0.25) is 0 Å². The number of hydrogen-bond acceptors (Lipinski definition) is 3. The highest BCUT2D eigenvalue weighted by molar-refractivity contribution is 7.87. The second-order valence-corrected chi connectivity index (χ2v) is 8.14. The lowest BCUT2D eigenvalue weighted by Crippen LogP contribution is -2.46. The standard InChI is InChI=1S/C17H24N4O2S/c1-15-6-5-11-20(13-15)24(22,23)19-10-9-16-12-18-21(14-16)17-7-3-2-4-8-17/h2-4,7-8,12,14-15,19H,5-6,9-11,13H2,1H3/t15-/m0/s1.